The molecule has 0 aromatic carbocycles. The standard InChI is InChI=1S/C12H20N4O/c1-3-4-14-11-7-13-8-12(16-11)15-9-5-10(6-9)17-2/h7-10H,3-6H2,1-2H3,(H2,14,15,16). The highest BCUT2D eigenvalue weighted by atomic mass is 16.5. The molecule has 0 saturated heterocycles. The van der Waals surface area contributed by atoms with E-state index in [1.54, 1.807) is 19.5 Å². The van der Waals surface area contributed by atoms with E-state index in [4.69, 9.17) is 4.74 Å². The molecule has 0 amide bonds. The highest BCUT2D eigenvalue weighted by molar-refractivity contribution is 5.42. The first-order valence-electron chi connectivity index (χ1n) is 6.17. The Kier molecular flexibility index (Phi) is 4.14. The average molecular weight is 236 g/mol. The van der Waals surface area contributed by atoms with E-state index in [2.05, 4.69) is 27.5 Å². The number of anilines is 2. The summed E-state index contributed by atoms with van der Waals surface area (Å²) in [5.41, 5.74) is 0. The molecule has 1 heterocycles. The SMILES string of the molecule is CCCNc1cncc(NC2CC(OC)C2)n1. The highest BCUT2D eigenvalue weighted by Gasteiger charge is 2.29. The maximum absolute atomic E-state index is 5.24. The maximum atomic E-state index is 5.24. The van der Waals surface area contributed by atoms with Gasteiger partial charge in [-0.15, -0.1) is 0 Å². The van der Waals surface area contributed by atoms with Gasteiger partial charge in [0.25, 0.3) is 0 Å². The highest BCUT2D eigenvalue weighted by Crippen LogP contribution is 2.25. The van der Waals surface area contributed by atoms with Crippen LogP contribution in [0.4, 0.5) is 11.6 Å². The van der Waals surface area contributed by atoms with Crippen LogP contribution in [0.3, 0.4) is 0 Å². The van der Waals surface area contributed by atoms with Crippen molar-refractivity contribution in [2.45, 2.75) is 38.3 Å². The molecule has 1 aliphatic rings. The topological polar surface area (TPSA) is 59.1 Å². The Morgan fingerprint density at radius 1 is 1.35 bits per heavy atom. The van der Waals surface area contributed by atoms with Gasteiger partial charge in [0.05, 0.1) is 18.5 Å². The lowest BCUT2D eigenvalue weighted by Crippen LogP contribution is -2.40. The molecular weight excluding hydrogens is 216 g/mol. The van der Waals surface area contributed by atoms with Crippen LogP contribution in [0, 0.1) is 0 Å². The van der Waals surface area contributed by atoms with Crippen molar-refractivity contribution in [2.24, 2.45) is 0 Å². The molecule has 0 aliphatic heterocycles. The van der Waals surface area contributed by atoms with E-state index >= 15 is 0 Å². The predicted molar refractivity (Wildman–Crippen MR) is 68.3 cm³/mol. The molecular formula is C12H20N4O. The molecule has 0 radical (unpaired) electrons. The van der Waals surface area contributed by atoms with Crippen LogP contribution in [-0.2, 0) is 4.74 Å². The first-order valence-corrected chi connectivity index (χ1v) is 6.17. The van der Waals surface area contributed by atoms with Gasteiger partial charge in [-0.1, -0.05) is 6.92 Å². The Balaban J connectivity index is 1.84. The molecule has 0 bridgehead atoms. The van der Waals surface area contributed by atoms with Crippen LogP contribution < -0.4 is 10.6 Å². The third-order valence-electron chi connectivity index (χ3n) is 2.97. The molecule has 17 heavy (non-hydrogen) atoms. The number of aromatic nitrogens is 2. The molecule has 5 nitrogen and oxygen atoms in total. The fourth-order valence-electron chi connectivity index (χ4n) is 1.86. The second kappa shape index (κ2) is 5.82. The van der Waals surface area contributed by atoms with E-state index in [0.717, 1.165) is 37.4 Å². The predicted octanol–water partition coefficient (Wildman–Crippen LogP) is 1.89. The van der Waals surface area contributed by atoms with Crippen LogP contribution in [0.25, 0.3) is 0 Å². The summed E-state index contributed by atoms with van der Waals surface area (Å²) in [6.07, 6.45) is 7.09. The van der Waals surface area contributed by atoms with Crippen molar-refractivity contribution in [2.75, 3.05) is 24.3 Å². The summed E-state index contributed by atoms with van der Waals surface area (Å²) in [6, 6.07) is 0.468. The normalized spacial score (nSPS) is 22.9. The summed E-state index contributed by atoms with van der Waals surface area (Å²) in [4.78, 5) is 8.63. The summed E-state index contributed by atoms with van der Waals surface area (Å²) >= 11 is 0. The first kappa shape index (κ1) is 12.1. The lowest BCUT2D eigenvalue weighted by atomic mass is 9.89. The van der Waals surface area contributed by atoms with Gasteiger partial charge in [0.15, 0.2) is 0 Å². The molecule has 2 N–H and O–H groups in total. The van der Waals surface area contributed by atoms with Crippen molar-refractivity contribution in [1.82, 2.24) is 9.97 Å². The van der Waals surface area contributed by atoms with Gasteiger partial charge >= 0.3 is 0 Å². The number of rotatable bonds is 6. The molecule has 1 aromatic rings. The van der Waals surface area contributed by atoms with E-state index in [1.165, 1.54) is 0 Å². The largest absolute Gasteiger partial charge is 0.381 e. The second-order valence-corrected chi connectivity index (χ2v) is 4.39. The van der Waals surface area contributed by atoms with Gasteiger partial charge in [-0.05, 0) is 19.3 Å². The third kappa shape index (κ3) is 3.30. The minimum absolute atomic E-state index is 0.404. The summed E-state index contributed by atoms with van der Waals surface area (Å²) in [7, 11) is 1.76. The van der Waals surface area contributed by atoms with Gasteiger partial charge in [-0.25, -0.2) is 4.98 Å². The van der Waals surface area contributed by atoms with Crippen molar-refractivity contribution in [3.63, 3.8) is 0 Å². The number of ether oxygens (including phenoxy) is 1. The van der Waals surface area contributed by atoms with Gasteiger partial charge < -0.3 is 15.4 Å². The fraction of sp³-hybridized carbons (Fsp3) is 0.667. The molecule has 5 heteroatoms. The quantitative estimate of drug-likeness (QED) is 0.790. The molecule has 1 saturated carbocycles. The summed E-state index contributed by atoms with van der Waals surface area (Å²) < 4.78 is 5.24. The lowest BCUT2D eigenvalue weighted by molar-refractivity contribution is 0.0328. The van der Waals surface area contributed by atoms with Crippen molar-refractivity contribution < 1.29 is 4.74 Å². The smallest absolute Gasteiger partial charge is 0.147 e. The Labute approximate surface area is 102 Å². The summed E-state index contributed by atoms with van der Waals surface area (Å²) in [5.74, 6) is 1.67. The zero-order valence-electron chi connectivity index (χ0n) is 10.4. The van der Waals surface area contributed by atoms with Crippen LogP contribution in [0.1, 0.15) is 26.2 Å². The lowest BCUT2D eigenvalue weighted by Gasteiger charge is -2.34. The monoisotopic (exact) mass is 236 g/mol. The van der Waals surface area contributed by atoms with Gasteiger partial charge in [-0.2, -0.15) is 0 Å². The molecule has 94 valence electrons. The maximum Gasteiger partial charge on any atom is 0.147 e. The van der Waals surface area contributed by atoms with Gasteiger partial charge in [0, 0.05) is 19.7 Å². The Morgan fingerprint density at radius 3 is 2.82 bits per heavy atom. The summed E-state index contributed by atoms with van der Waals surface area (Å²) in [5, 5.41) is 6.59. The van der Waals surface area contributed by atoms with E-state index in [9.17, 15) is 0 Å². The first-order chi connectivity index (χ1) is 8.31. The molecule has 0 spiro atoms. The minimum atomic E-state index is 0.404. The Bertz CT molecular complexity index is 352. The Hall–Kier alpha value is -1.36. The molecule has 1 aliphatic carbocycles. The molecule has 2 rings (SSSR count). The van der Waals surface area contributed by atoms with Crippen LogP contribution in [0.5, 0.6) is 0 Å². The number of methoxy groups -OCH3 is 1. The van der Waals surface area contributed by atoms with E-state index in [1.807, 2.05) is 0 Å². The van der Waals surface area contributed by atoms with Crippen molar-refractivity contribution >= 4 is 11.6 Å². The van der Waals surface area contributed by atoms with Crippen LogP contribution >= 0.6 is 0 Å². The van der Waals surface area contributed by atoms with Crippen LogP contribution in [0.15, 0.2) is 12.4 Å². The number of nitrogens with zero attached hydrogens (tertiary/aromatic N) is 2. The van der Waals surface area contributed by atoms with E-state index in [-0.39, 0.29) is 0 Å². The molecule has 1 aromatic heterocycles. The minimum Gasteiger partial charge on any atom is -0.381 e. The van der Waals surface area contributed by atoms with Crippen molar-refractivity contribution in [3.05, 3.63) is 12.4 Å². The van der Waals surface area contributed by atoms with Gasteiger partial charge in [0.2, 0.25) is 0 Å². The summed E-state index contributed by atoms with van der Waals surface area (Å²) in [6.45, 7) is 3.05. The molecule has 1 fully saturated rings. The fourth-order valence-corrected chi connectivity index (χ4v) is 1.86. The zero-order chi connectivity index (χ0) is 12.1. The third-order valence-corrected chi connectivity index (χ3v) is 2.97. The zero-order valence-corrected chi connectivity index (χ0v) is 10.4. The van der Waals surface area contributed by atoms with E-state index in [0.29, 0.717) is 12.1 Å². The second-order valence-electron chi connectivity index (χ2n) is 4.39. The average Bonchev–Trinajstić information content (AvgIpc) is 2.31. The van der Waals surface area contributed by atoms with Gasteiger partial charge in [-0.3, -0.25) is 4.98 Å². The molecule has 0 atom stereocenters. The molecule has 0 unspecified atom stereocenters. The van der Waals surface area contributed by atoms with Crippen LogP contribution in [-0.4, -0.2) is 35.8 Å². The van der Waals surface area contributed by atoms with E-state index < -0.39 is 0 Å². The van der Waals surface area contributed by atoms with Crippen LogP contribution in [0.2, 0.25) is 0 Å². The van der Waals surface area contributed by atoms with Gasteiger partial charge in [0.1, 0.15) is 11.6 Å². The number of hydrogen-bond acceptors (Lipinski definition) is 5. The van der Waals surface area contributed by atoms with Crippen molar-refractivity contribution in [1.29, 1.82) is 0 Å². The Morgan fingerprint density at radius 2 is 2.12 bits per heavy atom. The van der Waals surface area contributed by atoms with Crippen molar-refractivity contribution in [3.8, 4) is 0 Å². The number of nitrogens with one attached hydrogen (secondary N) is 2. The number of hydrogen-bond donors (Lipinski definition) is 2.